The zero-order valence-corrected chi connectivity index (χ0v) is 17.7. The number of furan rings is 1. The second kappa shape index (κ2) is 8.23. The highest BCUT2D eigenvalue weighted by molar-refractivity contribution is 5.99. The average molecular weight is 419 g/mol. The van der Waals surface area contributed by atoms with Crippen molar-refractivity contribution < 1.29 is 14.0 Å². The van der Waals surface area contributed by atoms with Gasteiger partial charge in [0.05, 0.1) is 5.69 Å². The molecule has 4 rings (SSSR count). The molecule has 2 amide bonds. The molecule has 8 nitrogen and oxygen atoms in total. The van der Waals surface area contributed by atoms with Crippen LogP contribution < -0.4 is 16.4 Å². The minimum absolute atomic E-state index is 0.142. The molecule has 1 aromatic carbocycles. The van der Waals surface area contributed by atoms with Gasteiger partial charge in [0.2, 0.25) is 11.8 Å². The molecule has 0 spiro atoms. The molecule has 0 saturated carbocycles. The Labute approximate surface area is 180 Å². The van der Waals surface area contributed by atoms with Gasteiger partial charge in [0.15, 0.2) is 5.82 Å². The SMILES string of the molecule is Cc1oc2ccccc2c1CN(C)C(=O)/C=C/c1cnc2c(c1)N[C@H](C)[C@H](N)C(=O)N2. The minimum atomic E-state index is -0.675. The van der Waals surface area contributed by atoms with Crippen molar-refractivity contribution in [2.24, 2.45) is 5.73 Å². The molecule has 1 aliphatic rings. The lowest BCUT2D eigenvalue weighted by Crippen LogP contribution is -2.45. The monoisotopic (exact) mass is 419 g/mol. The number of nitrogens with zero attached hydrogens (tertiary/aromatic N) is 2. The third kappa shape index (κ3) is 4.15. The predicted octanol–water partition coefficient (Wildman–Crippen LogP) is 2.89. The number of nitrogens with two attached hydrogens (primary N) is 1. The lowest BCUT2D eigenvalue weighted by molar-refractivity contribution is -0.125. The van der Waals surface area contributed by atoms with Gasteiger partial charge in [0, 0.05) is 42.9 Å². The topological polar surface area (TPSA) is 113 Å². The van der Waals surface area contributed by atoms with E-state index in [9.17, 15) is 9.59 Å². The quantitative estimate of drug-likeness (QED) is 0.561. The molecule has 3 heterocycles. The van der Waals surface area contributed by atoms with Crippen LogP contribution in [0.5, 0.6) is 0 Å². The summed E-state index contributed by atoms with van der Waals surface area (Å²) in [6.07, 6.45) is 4.80. The largest absolute Gasteiger partial charge is 0.461 e. The van der Waals surface area contributed by atoms with Gasteiger partial charge in [0.25, 0.3) is 0 Å². The number of fused-ring (bicyclic) bond motifs is 2. The number of carbonyl (C=O) groups is 2. The maximum absolute atomic E-state index is 12.7. The van der Waals surface area contributed by atoms with E-state index in [0.29, 0.717) is 18.1 Å². The Morgan fingerprint density at radius 1 is 1.35 bits per heavy atom. The number of rotatable bonds is 4. The molecule has 31 heavy (non-hydrogen) atoms. The number of amides is 2. The van der Waals surface area contributed by atoms with Crippen molar-refractivity contribution >= 4 is 40.4 Å². The van der Waals surface area contributed by atoms with Crippen LogP contribution in [-0.4, -0.2) is 40.8 Å². The summed E-state index contributed by atoms with van der Waals surface area (Å²) in [4.78, 5) is 30.6. The van der Waals surface area contributed by atoms with Crippen LogP contribution in [0.25, 0.3) is 17.0 Å². The molecule has 160 valence electrons. The Hall–Kier alpha value is -3.65. The number of pyridine rings is 1. The molecule has 0 radical (unpaired) electrons. The van der Waals surface area contributed by atoms with Gasteiger partial charge in [-0.1, -0.05) is 18.2 Å². The number of para-hydroxylation sites is 1. The number of nitrogens with one attached hydrogen (secondary N) is 2. The summed E-state index contributed by atoms with van der Waals surface area (Å²) in [7, 11) is 1.75. The molecule has 0 saturated heterocycles. The molecular formula is C23H25N5O3. The number of aromatic nitrogens is 1. The fourth-order valence-corrected chi connectivity index (χ4v) is 3.57. The summed E-state index contributed by atoms with van der Waals surface area (Å²) in [5.74, 6) is 0.803. The summed E-state index contributed by atoms with van der Waals surface area (Å²) in [6.45, 7) is 4.18. The second-order valence-corrected chi connectivity index (χ2v) is 7.77. The number of likely N-dealkylation sites (N-methyl/N-ethyl adjacent to an activating group) is 1. The van der Waals surface area contributed by atoms with E-state index < -0.39 is 6.04 Å². The molecule has 2 aromatic heterocycles. The summed E-state index contributed by atoms with van der Waals surface area (Å²) in [5, 5.41) is 6.92. The van der Waals surface area contributed by atoms with E-state index in [1.807, 2.05) is 44.2 Å². The van der Waals surface area contributed by atoms with Gasteiger partial charge < -0.3 is 25.7 Å². The molecular weight excluding hydrogens is 394 g/mol. The molecule has 8 heteroatoms. The van der Waals surface area contributed by atoms with Crippen molar-refractivity contribution in [2.45, 2.75) is 32.5 Å². The normalized spacial score (nSPS) is 18.4. The Morgan fingerprint density at radius 2 is 2.13 bits per heavy atom. The molecule has 3 aromatic rings. The number of hydrogen-bond acceptors (Lipinski definition) is 6. The number of hydrogen-bond donors (Lipinski definition) is 3. The first kappa shape index (κ1) is 20.6. The van der Waals surface area contributed by atoms with E-state index in [1.165, 1.54) is 6.08 Å². The first-order chi connectivity index (χ1) is 14.8. The van der Waals surface area contributed by atoms with Crippen molar-refractivity contribution in [2.75, 3.05) is 17.7 Å². The van der Waals surface area contributed by atoms with Crippen LogP contribution in [0.2, 0.25) is 0 Å². The standard InChI is InChI=1S/C23H25N5O3/c1-13-21(24)23(30)27-22-18(26-13)10-15(11-25-22)8-9-20(29)28(3)12-17-14(2)31-19-7-5-4-6-16(17)19/h4-11,13,21,26H,12,24H2,1-3H3,(H,25,27,30)/b9-8+/t13-,21+/m1/s1. The van der Waals surface area contributed by atoms with Gasteiger partial charge in [-0.05, 0) is 37.6 Å². The van der Waals surface area contributed by atoms with Gasteiger partial charge in [0.1, 0.15) is 17.4 Å². The van der Waals surface area contributed by atoms with E-state index >= 15 is 0 Å². The predicted molar refractivity (Wildman–Crippen MR) is 120 cm³/mol. The molecule has 2 atom stereocenters. The third-order valence-corrected chi connectivity index (χ3v) is 5.47. The van der Waals surface area contributed by atoms with Crippen LogP contribution in [-0.2, 0) is 16.1 Å². The first-order valence-corrected chi connectivity index (χ1v) is 10.1. The zero-order chi connectivity index (χ0) is 22.1. The summed E-state index contributed by atoms with van der Waals surface area (Å²) in [5.41, 5.74) is 9.11. The van der Waals surface area contributed by atoms with E-state index in [2.05, 4.69) is 15.6 Å². The van der Waals surface area contributed by atoms with Crippen molar-refractivity contribution in [1.29, 1.82) is 0 Å². The Kier molecular flexibility index (Phi) is 5.48. The van der Waals surface area contributed by atoms with Gasteiger partial charge in [-0.3, -0.25) is 9.59 Å². The van der Waals surface area contributed by atoms with Gasteiger partial charge in [-0.15, -0.1) is 0 Å². The zero-order valence-electron chi connectivity index (χ0n) is 17.7. The van der Waals surface area contributed by atoms with Crippen LogP contribution in [0.3, 0.4) is 0 Å². The maximum Gasteiger partial charge on any atom is 0.246 e. The van der Waals surface area contributed by atoms with Crippen LogP contribution >= 0.6 is 0 Å². The molecule has 0 fully saturated rings. The van der Waals surface area contributed by atoms with E-state index in [0.717, 1.165) is 27.9 Å². The van der Waals surface area contributed by atoms with Crippen molar-refractivity contribution in [3.63, 3.8) is 0 Å². The maximum atomic E-state index is 12.7. The highest BCUT2D eigenvalue weighted by Gasteiger charge is 2.26. The molecule has 1 aliphatic heterocycles. The van der Waals surface area contributed by atoms with Crippen LogP contribution in [0.1, 0.15) is 23.8 Å². The first-order valence-electron chi connectivity index (χ1n) is 10.1. The Balaban J connectivity index is 1.48. The Morgan fingerprint density at radius 3 is 2.94 bits per heavy atom. The number of carbonyl (C=O) groups excluding carboxylic acids is 2. The summed E-state index contributed by atoms with van der Waals surface area (Å²) >= 11 is 0. The van der Waals surface area contributed by atoms with Crippen molar-refractivity contribution in [3.05, 3.63) is 59.5 Å². The molecule has 0 aliphatic carbocycles. The lowest BCUT2D eigenvalue weighted by atomic mass is 10.1. The number of aryl methyl sites for hydroxylation is 1. The lowest BCUT2D eigenvalue weighted by Gasteiger charge is -2.16. The highest BCUT2D eigenvalue weighted by Crippen LogP contribution is 2.27. The van der Waals surface area contributed by atoms with Crippen LogP contribution in [0.4, 0.5) is 11.5 Å². The molecule has 0 unspecified atom stereocenters. The van der Waals surface area contributed by atoms with Crippen LogP contribution in [0, 0.1) is 6.92 Å². The average Bonchev–Trinajstić information content (AvgIpc) is 3.02. The van der Waals surface area contributed by atoms with E-state index in [4.69, 9.17) is 10.2 Å². The van der Waals surface area contributed by atoms with Crippen molar-refractivity contribution in [3.8, 4) is 0 Å². The third-order valence-electron chi connectivity index (χ3n) is 5.47. The fourth-order valence-electron chi connectivity index (χ4n) is 3.57. The van der Waals surface area contributed by atoms with Gasteiger partial charge >= 0.3 is 0 Å². The smallest absolute Gasteiger partial charge is 0.246 e. The van der Waals surface area contributed by atoms with E-state index in [1.54, 1.807) is 24.2 Å². The number of anilines is 2. The highest BCUT2D eigenvalue weighted by atomic mass is 16.3. The summed E-state index contributed by atoms with van der Waals surface area (Å²) in [6, 6.07) is 8.70. The number of benzene rings is 1. The molecule has 0 bridgehead atoms. The van der Waals surface area contributed by atoms with Gasteiger partial charge in [-0.25, -0.2) is 4.98 Å². The van der Waals surface area contributed by atoms with Crippen molar-refractivity contribution in [1.82, 2.24) is 9.88 Å². The van der Waals surface area contributed by atoms with E-state index in [-0.39, 0.29) is 17.9 Å². The fraction of sp³-hybridized carbons (Fsp3) is 0.261. The minimum Gasteiger partial charge on any atom is -0.461 e. The van der Waals surface area contributed by atoms with Gasteiger partial charge in [-0.2, -0.15) is 0 Å². The molecule has 4 N–H and O–H groups in total. The van der Waals surface area contributed by atoms with Crippen LogP contribution in [0.15, 0.2) is 47.0 Å². The summed E-state index contributed by atoms with van der Waals surface area (Å²) < 4.78 is 5.79. The second-order valence-electron chi connectivity index (χ2n) is 7.77. The Bertz CT molecular complexity index is 1180.